The summed E-state index contributed by atoms with van der Waals surface area (Å²) in [4.78, 5) is 0. The summed E-state index contributed by atoms with van der Waals surface area (Å²) in [6.45, 7) is 6.45. The largest absolute Gasteiger partial charge is 0.486 e. The third-order valence-corrected chi connectivity index (χ3v) is 2.94. The zero-order chi connectivity index (χ0) is 15.3. The molecule has 114 valence electrons. The smallest absolute Gasteiger partial charge is 0.203 e. The molecule has 0 saturated heterocycles. The first-order chi connectivity index (χ1) is 9.38. The molecule has 0 aromatic heterocycles. The van der Waals surface area contributed by atoms with E-state index in [1.54, 1.807) is 0 Å². The van der Waals surface area contributed by atoms with Crippen LogP contribution in [0.2, 0.25) is 0 Å². The minimum Gasteiger partial charge on any atom is -0.486 e. The Kier molecular flexibility index (Phi) is 6.26. The van der Waals surface area contributed by atoms with Crippen molar-refractivity contribution in [2.45, 2.75) is 33.2 Å². The molecule has 0 heterocycles. The number of ether oxygens (including phenoxy) is 1. The first-order valence-corrected chi connectivity index (χ1v) is 6.57. The predicted molar refractivity (Wildman–Crippen MR) is 68.7 cm³/mol. The molecule has 0 aliphatic rings. The van der Waals surface area contributed by atoms with Gasteiger partial charge in [-0.1, -0.05) is 20.8 Å². The van der Waals surface area contributed by atoms with Gasteiger partial charge >= 0.3 is 0 Å². The van der Waals surface area contributed by atoms with E-state index in [4.69, 9.17) is 4.74 Å². The Balaban J connectivity index is 2.82. The van der Waals surface area contributed by atoms with E-state index in [1.807, 2.05) is 20.8 Å². The van der Waals surface area contributed by atoms with Gasteiger partial charge in [-0.25, -0.2) is 8.78 Å². The second-order valence-corrected chi connectivity index (χ2v) is 4.91. The van der Waals surface area contributed by atoms with Gasteiger partial charge in [-0.05, 0) is 18.9 Å². The minimum absolute atomic E-state index is 0.0750. The number of rotatable bonds is 7. The quantitative estimate of drug-likeness (QED) is 0.612. The normalized spacial score (nSPS) is 12.8. The van der Waals surface area contributed by atoms with Crippen molar-refractivity contribution in [2.24, 2.45) is 5.92 Å². The lowest BCUT2D eigenvalue weighted by molar-refractivity contribution is 0.209. The summed E-state index contributed by atoms with van der Waals surface area (Å²) in [6, 6.07) is -0.00708. The summed E-state index contributed by atoms with van der Waals surface area (Å²) in [5.41, 5.74) is 0. The van der Waals surface area contributed by atoms with Crippen LogP contribution in [-0.4, -0.2) is 19.2 Å². The minimum atomic E-state index is -1.51. The summed E-state index contributed by atoms with van der Waals surface area (Å²) < 4.78 is 57.9. The molecule has 6 heteroatoms. The third kappa shape index (κ3) is 4.10. The van der Waals surface area contributed by atoms with Crippen LogP contribution in [0, 0.1) is 29.2 Å². The molecular weight excluding hydrogens is 274 g/mol. The summed E-state index contributed by atoms with van der Waals surface area (Å²) >= 11 is 0. The molecule has 1 atom stereocenters. The molecule has 1 unspecified atom stereocenters. The average Bonchev–Trinajstić information content (AvgIpc) is 2.39. The van der Waals surface area contributed by atoms with E-state index in [1.165, 1.54) is 0 Å². The van der Waals surface area contributed by atoms with Crippen molar-refractivity contribution >= 4 is 0 Å². The Morgan fingerprint density at radius 3 is 2.10 bits per heavy atom. The Morgan fingerprint density at radius 1 is 1.10 bits per heavy atom. The van der Waals surface area contributed by atoms with Crippen LogP contribution >= 0.6 is 0 Å². The van der Waals surface area contributed by atoms with Gasteiger partial charge in [0.1, 0.15) is 6.61 Å². The van der Waals surface area contributed by atoms with Crippen LogP contribution in [0.15, 0.2) is 6.07 Å². The van der Waals surface area contributed by atoms with Crippen molar-refractivity contribution in [3.8, 4) is 5.75 Å². The van der Waals surface area contributed by atoms with Gasteiger partial charge in [0, 0.05) is 12.1 Å². The number of nitrogens with one attached hydrogen (secondary N) is 1. The maximum absolute atomic E-state index is 13.4. The van der Waals surface area contributed by atoms with Gasteiger partial charge in [-0.3, -0.25) is 0 Å². The molecule has 0 aliphatic carbocycles. The fraction of sp³-hybridized carbons (Fsp3) is 0.571. The zero-order valence-electron chi connectivity index (χ0n) is 11.8. The first kappa shape index (κ1) is 16.8. The highest BCUT2D eigenvalue weighted by molar-refractivity contribution is 5.28. The van der Waals surface area contributed by atoms with E-state index in [0.29, 0.717) is 6.54 Å². The fourth-order valence-electron chi connectivity index (χ4n) is 1.67. The topological polar surface area (TPSA) is 21.3 Å². The van der Waals surface area contributed by atoms with E-state index in [0.717, 1.165) is 6.42 Å². The Bertz CT molecular complexity index is 425. The summed E-state index contributed by atoms with van der Waals surface area (Å²) in [5, 5.41) is 3.15. The fourth-order valence-corrected chi connectivity index (χ4v) is 1.67. The lowest BCUT2D eigenvalue weighted by Gasteiger charge is -2.22. The third-order valence-electron chi connectivity index (χ3n) is 2.94. The van der Waals surface area contributed by atoms with E-state index in [2.05, 4.69) is 5.32 Å². The standard InChI is InChI=1S/C14H19F4NO/c1-4-5-19-11(8(2)3)7-20-14-12(17)9(15)6-10(16)13(14)18/h6,8,11,19H,4-5,7H2,1-3H3. The predicted octanol–water partition coefficient (Wildman–Crippen LogP) is 3.65. The highest BCUT2D eigenvalue weighted by atomic mass is 19.2. The van der Waals surface area contributed by atoms with Crippen LogP contribution in [0.1, 0.15) is 27.2 Å². The maximum Gasteiger partial charge on any atom is 0.203 e. The molecule has 0 fully saturated rings. The van der Waals surface area contributed by atoms with Crippen LogP contribution in [0.5, 0.6) is 5.75 Å². The molecule has 0 saturated carbocycles. The van der Waals surface area contributed by atoms with Gasteiger partial charge in [0.05, 0.1) is 0 Å². The van der Waals surface area contributed by atoms with Crippen molar-refractivity contribution in [1.82, 2.24) is 5.32 Å². The highest BCUT2D eigenvalue weighted by Gasteiger charge is 2.22. The van der Waals surface area contributed by atoms with Gasteiger partial charge < -0.3 is 10.1 Å². The van der Waals surface area contributed by atoms with Crippen molar-refractivity contribution in [3.05, 3.63) is 29.3 Å². The lowest BCUT2D eigenvalue weighted by Crippen LogP contribution is -2.39. The molecule has 0 aliphatic heterocycles. The molecule has 1 aromatic carbocycles. The molecule has 1 aromatic rings. The summed E-state index contributed by atoms with van der Waals surface area (Å²) in [5.74, 6) is -6.83. The number of hydrogen-bond acceptors (Lipinski definition) is 2. The van der Waals surface area contributed by atoms with Crippen molar-refractivity contribution in [1.29, 1.82) is 0 Å². The second kappa shape index (κ2) is 7.47. The van der Waals surface area contributed by atoms with Gasteiger partial charge in [0.25, 0.3) is 0 Å². The molecule has 20 heavy (non-hydrogen) atoms. The SMILES string of the molecule is CCCNC(COc1c(F)c(F)cc(F)c1F)C(C)C. The number of hydrogen-bond donors (Lipinski definition) is 1. The van der Waals surface area contributed by atoms with Crippen LogP contribution in [-0.2, 0) is 0 Å². The van der Waals surface area contributed by atoms with Crippen LogP contribution in [0.25, 0.3) is 0 Å². The Hall–Kier alpha value is -1.30. The average molecular weight is 293 g/mol. The van der Waals surface area contributed by atoms with Gasteiger partial charge in [0.15, 0.2) is 17.4 Å². The van der Waals surface area contributed by atoms with Crippen LogP contribution in [0.3, 0.4) is 0 Å². The van der Waals surface area contributed by atoms with Crippen molar-refractivity contribution in [2.75, 3.05) is 13.2 Å². The molecule has 0 radical (unpaired) electrons. The van der Waals surface area contributed by atoms with E-state index >= 15 is 0 Å². The van der Waals surface area contributed by atoms with E-state index in [-0.39, 0.29) is 24.6 Å². The molecule has 2 nitrogen and oxygen atoms in total. The lowest BCUT2D eigenvalue weighted by atomic mass is 10.1. The number of benzene rings is 1. The Morgan fingerprint density at radius 2 is 1.65 bits per heavy atom. The van der Waals surface area contributed by atoms with Gasteiger partial charge in [-0.15, -0.1) is 0 Å². The molecule has 0 spiro atoms. The summed E-state index contributed by atoms with van der Waals surface area (Å²) in [6.07, 6.45) is 0.889. The van der Waals surface area contributed by atoms with Crippen molar-refractivity contribution < 1.29 is 22.3 Å². The van der Waals surface area contributed by atoms with E-state index in [9.17, 15) is 17.6 Å². The first-order valence-electron chi connectivity index (χ1n) is 6.57. The number of halogens is 4. The maximum atomic E-state index is 13.4. The molecule has 1 rings (SSSR count). The zero-order valence-corrected chi connectivity index (χ0v) is 11.8. The van der Waals surface area contributed by atoms with Crippen LogP contribution < -0.4 is 10.1 Å². The van der Waals surface area contributed by atoms with E-state index < -0.39 is 29.0 Å². The monoisotopic (exact) mass is 293 g/mol. The van der Waals surface area contributed by atoms with Gasteiger partial charge in [-0.2, -0.15) is 8.78 Å². The molecule has 0 bridgehead atoms. The Labute approximate surface area is 116 Å². The van der Waals surface area contributed by atoms with Crippen molar-refractivity contribution in [3.63, 3.8) is 0 Å². The second-order valence-electron chi connectivity index (χ2n) is 4.91. The molecular formula is C14H19F4NO. The summed E-state index contributed by atoms with van der Waals surface area (Å²) in [7, 11) is 0. The van der Waals surface area contributed by atoms with Gasteiger partial charge in [0.2, 0.25) is 11.6 Å². The molecule has 0 amide bonds. The molecule has 1 N–H and O–H groups in total. The highest BCUT2D eigenvalue weighted by Crippen LogP contribution is 2.26. The van der Waals surface area contributed by atoms with Crippen LogP contribution in [0.4, 0.5) is 17.6 Å².